The second-order valence-corrected chi connectivity index (χ2v) is 4.04. The molecule has 0 aliphatic heterocycles. The number of benzene rings is 1. The number of carbonyl (C=O) groups excluding carboxylic acids is 3. The third-order valence-corrected chi connectivity index (χ3v) is 2.61. The second kappa shape index (κ2) is 6.78. The number of rotatable bonds is 6. The van der Waals surface area contributed by atoms with E-state index >= 15 is 0 Å². The van der Waals surface area contributed by atoms with Gasteiger partial charge in [0, 0.05) is 5.56 Å². The summed E-state index contributed by atoms with van der Waals surface area (Å²) in [7, 11) is 0. The van der Waals surface area contributed by atoms with Crippen molar-refractivity contribution in [3.05, 3.63) is 35.6 Å². The molecule has 0 saturated carbocycles. The maximum atomic E-state index is 12.8. The molecule has 0 aliphatic rings. The molecule has 0 saturated heterocycles. The van der Waals surface area contributed by atoms with E-state index in [0.29, 0.717) is 0 Å². The molecule has 0 amide bonds. The van der Waals surface area contributed by atoms with E-state index in [1.807, 2.05) is 0 Å². The topological polar surface area (TPSA) is 60.4 Å². The van der Waals surface area contributed by atoms with Crippen molar-refractivity contribution >= 4 is 17.5 Å². The SMILES string of the molecule is CCOC(=O)CC(C(C)=O)C(=O)c1ccc(F)cc1. The summed E-state index contributed by atoms with van der Waals surface area (Å²) in [5.41, 5.74) is 0.200. The molecule has 0 bridgehead atoms. The first-order valence-electron chi connectivity index (χ1n) is 5.91. The minimum atomic E-state index is -1.08. The Morgan fingerprint density at radius 2 is 1.79 bits per heavy atom. The third kappa shape index (κ3) is 4.28. The second-order valence-electron chi connectivity index (χ2n) is 4.04. The number of Topliss-reactive ketones (excluding diaryl/α,β-unsaturated/α-hetero) is 2. The molecule has 1 unspecified atom stereocenters. The molecule has 0 aliphatic carbocycles. The fraction of sp³-hybridized carbons (Fsp3) is 0.357. The molecule has 0 N–H and O–H groups in total. The van der Waals surface area contributed by atoms with Gasteiger partial charge in [-0.25, -0.2) is 4.39 Å². The summed E-state index contributed by atoms with van der Waals surface area (Å²) < 4.78 is 17.5. The van der Waals surface area contributed by atoms with Crippen molar-refractivity contribution in [1.29, 1.82) is 0 Å². The quantitative estimate of drug-likeness (QED) is 0.450. The van der Waals surface area contributed by atoms with Crippen molar-refractivity contribution in [1.82, 2.24) is 0 Å². The van der Waals surface area contributed by atoms with Crippen LogP contribution in [0.3, 0.4) is 0 Å². The smallest absolute Gasteiger partial charge is 0.306 e. The molecular weight excluding hydrogens is 251 g/mol. The van der Waals surface area contributed by atoms with Gasteiger partial charge in [-0.3, -0.25) is 14.4 Å². The Labute approximate surface area is 110 Å². The van der Waals surface area contributed by atoms with Crippen molar-refractivity contribution in [2.45, 2.75) is 20.3 Å². The summed E-state index contributed by atoms with van der Waals surface area (Å²) in [6.45, 7) is 3.07. The third-order valence-electron chi connectivity index (χ3n) is 2.61. The van der Waals surface area contributed by atoms with Gasteiger partial charge in [-0.2, -0.15) is 0 Å². The van der Waals surface area contributed by atoms with Gasteiger partial charge < -0.3 is 4.74 Å². The van der Waals surface area contributed by atoms with Gasteiger partial charge in [0.05, 0.1) is 18.9 Å². The van der Waals surface area contributed by atoms with Crippen molar-refractivity contribution in [2.24, 2.45) is 5.92 Å². The zero-order chi connectivity index (χ0) is 14.4. The zero-order valence-electron chi connectivity index (χ0n) is 10.8. The number of carbonyl (C=O) groups is 3. The molecule has 0 aromatic heterocycles. The van der Waals surface area contributed by atoms with E-state index < -0.39 is 29.3 Å². The molecular formula is C14H15FO4. The summed E-state index contributed by atoms with van der Waals surface area (Å²) in [5, 5.41) is 0. The van der Waals surface area contributed by atoms with E-state index in [-0.39, 0.29) is 18.6 Å². The highest BCUT2D eigenvalue weighted by atomic mass is 19.1. The number of hydrogen-bond donors (Lipinski definition) is 0. The van der Waals surface area contributed by atoms with Gasteiger partial charge in [-0.1, -0.05) is 0 Å². The van der Waals surface area contributed by atoms with Crippen LogP contribution in [0.5, 0.6) is 0 Å². The van der Waals surface area contributed by atoms with Crippen LogP contribution >= 0.6 is 0 Å². The van der Waals surface area contributed by atoms with Gasteiger partial charge in [-0.15, -0.1) is 0 Å². The maximum Gasteiger partial charge on any atom is 0.306 e. The Morgan fingerprint density at radius 3 is 2.26 bits per heavy atom. The molecule has 0 fully saturated rings. The Balaban J connectivity index is 2.87. The van der Waals surface area contributed by atoms with E-state index in [1.54, 1.807) is 6.92 Å². The van der Waals surface area contributed by atoms with Crippen LogP contribution in [-0.4, -0.2) is 24.1 Å². The molecule has 1 aromatic rings. The standard InChI is InChI=1S/C14H15FO4/c1-3-19-13(17)8-12(9(2)16)14(18)10-4-6-11(15)7-5-10/h4-7,12H,3,8H2,1-2H3. The number of halogens is 1. The first kappa shape index (κ1) is 15.0. The molecule has 0 spiro atoms. The van der Waals surface area contributed by atoms with Gasteiger partial charge in [-0.05, 0) is 38.1 Å². The Hall–Kier alpha value is -2.04. The predicted octanol–water partition coefficient (Wildman–Crippen LogP) is 2.17. The van der Waals surface area contributed by atoms with E-state index in [4.69, 9.17) is 4.74 Å². The van der Waals surface area contributed by atoms with Crippen LogP contribution in [0.25, 0.3) is 0 Å². The lowest BCUT2D eigenvalue weighted by Crippen LogP contribution is -2.26. The fourth-order valence-electron chi connectivity index (χ4n) is 1.62. The first-order chi connectivity index (χ1) is 8.95. The lowest BCUT2D eigenvalue weighted by molar-refractivity contribution is -0.145. The minimum Gasteiger partial charge on any atom is -0.466 e. The van der Waals surface area contributed by atoms with Gasteiger partial charge in [0.25, 0.3) is 0 Å². The van der Waals surface area contributed by atoms with Crippen LogP contribution in [0.1, 0.15) is 30.6 Å². The highest BCUT2D eigenvalue weighted by Crippen LogP contribution is 2.15. The largest absolute Gasteiger partial charge is 0.466 e. The highest BCUT2D eigenvalue weighted by Gasteiger charge is 2.27. The molecule has 1 atom stereocenters. The van der Waals surface area contributed by atoms with Gasteiger partial charge >= 0.3 is 5.97 Å². The normalized spacial score (nSPS) is 11.7. The molecule has 19 heavy (non-hydrogen) atoms. The van der Waals surface area contributed by atoms with Crippen molar-refractivity contribution in [2.75, 3.05) is 6.61 Å². The predicted molar refractivity (Wildman–Crippen MR) is 66.2 cm³/mol. The average molecular weight is 266 g/mol. The molecule has 1 aromatic carbocycles. The van der Waals surface area contributed by atoms with Crippen LogP contribution in [0.15, 0.2) is 24.3 Å². The van der Waals surface area contributed by atoms with Crippen molar-refractivity contribution in [3.63, 3.8) is 0 Å². The van der Waals surface area contributed by atoms with E-state index in [2.05, 4.69) is 0 Å². The lowest BCUT2D eigenvalue weighted by Gasteiger charge is -2.12. The van der Waals surface area contributed by atoms with Gasteiger partial charge in [0.15, 0.2) is 5.78 Å². The van der Waals surface area contributed by atoms with Gasteiger partial charge in [0.2, 0.25) is 0 Å². The molecule has 0 radical (unpaired) electrons. The van der Waals surface area contributed by atoms with Crippen molar-refractivity contribution in [3.8, 4) is 0 Å². The van der Waals surface area contributed by atoms with Crippen LogP contribution in [-0.2, 0) is 14.3 Å². The summed E-state index contributed by atoms with van der Waals surface area (Å²) >= 11 is 0. The Bertz CT molecular complexity index is 479. The Morgan fingerprint density at radius 1 is 1.21 bits per heavy atom. The van der Waals surface area contributed by atoms with Crippen LogP contribution in [0.2, 0.25) is 0 Å². The summed E-state index contributed by atoms with van der Waals surface area (Å²) in [6.07, 6.45) is -0.292. The number of hydrogen-bond acceptors (Lipinski definition) is 4. The minimum absolute atomic E-state index is 0.189. The maximum absolute atomic E-state index is 12.8. The first-order valence-corrected chi connectivity index (χ1v) is 5.91. The van der Waals surface area contributed by atoms with E-state index in [1.165, 1.54) is 19.1 Å². The summed E-state index contributed by atoms with van der Waals surface area (Å²) in [4.78, 5) is 34.9. The Kier molecular flexibility index (Phi) is 5.36. The lowest BCUT2D eigenvalue weighted by atomic mass is 9.91. The zero-order valence-corrected chi connectivity index (χ0v) is 10.8. The molecule has 1 rings (SSSR count). The molecule has 0 heterocycles. The van der Waals surface area contributed by atoms with Gasteiger partial charge in [0.1, 0.15) is 11.6 Å². The van der Waals surface area contributed by atoms with Crippen molar-refractivity contribution < 1.29 is 23.5 Å². The fourth-order valence-corrected chi connectivity index (χ4v) is 1.62. The van der Waals surface area contributed by atoms with E-state index in [9.17, 15) is 18.8 Å². The van der Waals surface area contributed by atoms with Crippen LogP contribution in [0, 0.1) is 11.7 Å². The summed E-state index contributed by atoms with van der Waals surface area (Å²) in [5.74, 6) is -3.06. The summed E-state index contributed by atoms with van der Waals surface area (Å²) in [6, 6.07) is 4.85. The number of ether oxygens (including phenoxy) is 1. The van der Waals surface area contributed by atoms with Crippen LogP contribution in [0.4, 0.5) is 4.39 Å². The highest BCUT2D eigenvalue weighted by molar-refractivity contribution is 6.11. The number of esters is 1. The van der Waals surface area contributed by atoms with Crippen LogP contribution < -0.4 is 0 Å². The molecule has 102 valence electrons. The number of ketones is 2. The molecule has 5 heteroatoms. The molecule has 4 nitrogen and oxygen atoms in total. The average Bonchev–Trinajstić information content (AvgIpc) is 2.36. The van der Waals surface area contributed by atoms with E-state index in [0.717, 1.165) is 12.1 Å². The monoisotopic (exact) mass is 266 g/mol.